The van der Waals surface area contributed by atoms with Crippen molar-refractivity contribution in [2.24, 2.45) is 5.73 Å². The molecule has 0 saturated carbocycles. The number of likely N-dealkylation sites (tertiary alicyclic amines) is 1. The lowest BCUT2D eigenvalue weighted by Gasteiger charge is -2.35. The molecule has 0 amide bonds. The molecule has 1 aliphatic heterocycles. The molecule has 1 aromatic carbocycles. The van der Waals surface area contributed by atoms with E-state index < -0.39 is 0 Å². The second-order valence-corrected chi connectivity index (χ2v) is 5.63. The Labute approximate surface area is 108 Å². The summed E-state index contributed by atoms with van der Waals surface area (Å²) in [6.07, 6.45) is 3.59. The quantitative estimate of drug-likeness (QED) is 0.828. The summed E-state index contributed by atoms with van der Waals surface area (Å²) in [6, 6.07) is 9.11. The van der Waals surface area contributed by atoms with Gasteiger partial charge in [-0.3, -0.25) is 4.90 Å². The highest BCUT2D eigenvalue weighted by atomic mass is 32.1. The van der Waals surface area contributed by atoms with Crippen molar-refractivity contribution in [2.75, 3.05) is 13.1 Å². The first-order valence-electron chi connectivity index (χ1n) is 6.37. The Bertz CT molecular complexity index is 444. The van der Waals surface area contributed by atoms with E-state index in [1.54, 1.807) is 0 Å². The van der Waals surface area contributed by atoms with E-state index in [4.69, 9.17) is 18.0 Å². The van der Waals surface area contributed by atoms with E-state index in [1.165, 1.54) is 24.0 Å². The molecule has 0 aromatic heterocycles. The first-order valence-corrected chi connectivity index (χ1v) is 6.77. The van der Waals surface area contributed by atoms with Gasteiger partial charge in [0, 0.05) is 12.5 Å². The summed E-state index contributed by atoms with van der Waals surface area (Å²) in [6.45, 7) is 2.28. The van der Waals surface area contributed by atoms with Crippen molar-refractivity contribution in [1.82, 2.24) is 4.90 Å². The van der Waals surface area contributed by atoms with E-state index in [9.17, 15) is 0 Å². The lowest BCUT2D eigenvalue weighted by Crippen LogP contribution is -2.42. The molecular formula is C14H18N2S. The molecule has 3 heteroatoms. The fourth-order valence-corrected chi connectivity index (χ4v) is 3.44. The van der Waals surface area contributed by atoms with Gasteiger partial charge in [0.15, 0.2) is 0 Å². The lowest BCUT2D eigenvalue weighted by atomic mass is 9.77. The minimum atomic E-state index is 0.345. The van der Waals surface area contributed by atoms with Gasteiger partial charge in [0.25, 0.3) is 0 Å². The first-order chi connectivity index (χ1) is 8.25. The van der Waals surface area contributed by atoms with E-state index in [0.717, 1.165) is 19.5 Å². The van der Waals surface area contributed by atoms with Crippen LogP contribution in [0.5, 0.6) is 0 Å². The van der Waals surface area contributed by atoms with Crippen LogP contribution in [0.25, 0.3) is 0 Å². The molecule has 1 aliphatic carbocycles. The normalized spacial score (nSPS) is 27.5. The summed E-state index contributed by atoms with van der Waals surface area (Å²) in [7, 11) is 0. The SMILES string of the molecule is NC(=S)C1CCCN1CC1Cc2ccccc21. The molecule has 0 radical (unpaired) electrons. The van der Waals surface area contributed by atoms with Gasteiger partial charge in [0.2, 0.25) is 0 Å². The molecule has 0 bridgehead atoms. The predicted molar refractivity (Wildman–Crippen MR) is 74.3 cm³/mol. The molecule has 2 aliphatic rings. The number of hydrogen-bond acceptors (Lipinski definition) is 2. The zero-order valence-corrected chi connectivity index (χ0v) is 10.7. The van der Waals surface area contributed by atoms with Crippen molar-refractivity contribution < 1.29 is 0 Å². The van der Waals surface area contributed by atoms with Gasteiger partial charge in [-0.2, -0.15) is 0 Å². The van der Waals surface area contributed by atoms with Crippen molar-refractivity contribution in [1.29, 1.82) is 0 Å². The van der Waals surface area contributed by atoms with Gasteiger partial charge in [-0.25, -0.2) is 0 Å². The Morgan fingerprint density at radius 2 is 2.24 bits per heavy atom. The first kappa shape index (κ1) is 11.2. The highest BCUT2D eigenvalue weighted by Gasteiger charge is 2.32. The van der Waals surface area contributed by atoms with Crippen LogP contribution in [0.2, 0.25) is 0 Å². The molecule has 1 saturated heterocycles. The number of hydrogen-bond donors (Lipinski definition) is 1. The van der Waals surface area contributed by atoms with Gasteiger partial charge in [0.1, 0.15) is 0 Å². The molecule has 2 unspecified atom stereocenters. The molecular weight excluding hydrogens is 228 g/mol. The van der Waals surface area contributed by atoms with Gasteiger partial charge in [0.05, 0.1) is 11.0 Å². The highest BCUT2D eigenvalue weighted by molar-refractivity contribution is 7.80. The Kier molecular flexibility index (Phi) is 2.89. The largest absolute Gasteiger partial charge is 0.392 e. The Morgan fingerprint density at radius 3 is 3.00 bits per heavy atom. The van der Waals surface area contributed by atoms with Gasteiger partial charge >= 0.3 is 0 Å². The van der Waals surface area contributed by atoms with Crippen molar-refractivity contribution in [3.8, 4) is 0 Å². The van der Waals surface area contributed by atoms with Crippen LogP contribution >= 0.6 is 12.2 Å². The van der Waals surface area contributed by atoms with E-state index in [1.807, 2.05) is 0 Å². The van der Waals surface area contributed by atoms with Crippen LogP contribution in [-0.2, 0) is 6.42 Å². The second kappa shape index (κ2) is 4.39. The summed E-state index contributed by atoms with van der Waals surface area (Å²) in [5, 5.41) is 0. The molecule has 1 fully saturated rings. The maximum atomic E-state index is 5.81. The van der Waals surface area contributed by atoms with Crippen LogP contribution in [0.4, 0.5) is 0 Å². The number of fused-ring (bicyclic) bond motifs is 1. The zero-order chi connectivity index (χ0) is 11.8. The van der Waals surface area contributed by atoms with Crippen molar-refractivity contribution in [3.05, 3.63) is 35.4 Å². The monoisotopic (exact) mass is 246 g/mol. The minimum Gasteiger partial charge on any atom is -0.392 e. The standard InChI is InChI=1S/C14H18N2S/c15-14(17)13-6-3-7-16(13)9-11-8-10-4-1-2-5-12(10)11/h1-2,4-5,11,13H,3,6-9H2,(H2,15,17). The van der Waals surface area contributed by atoms with Crippen LogP contribution in [0.1, 0.15) is 29.9 Å². The van der Waals surface area contributed by atoms with Crippen LogP contribution in [0.3, 0.4) is 0 Å². The van der Waals surface area contributed by atoms with E-state index in [2.05, 4.69) is 29.2 Å². The number of nitrogens with two attached hydrogens (primary N) is 1. The maximum absolute atomic E-state index is 5.81. The van der Waals surface area contributed by atoms with Gasteiger partial charge in [-0.1, -0.05) is 36.5 Å². The van der Waals surface area contributed by atoms with Crippen molar-refractivity contribution >= 4 is 17.2 Å². The van der Waals surface area contributed by atoms with Crippen LogP contribution in [0.15, 0.2) is 24.3 Å². The molecule has 2 nitrogen and oxygen atoms in total. The summed E-state index contributed by atoms with van der Waals surface area (Å²) < 4.78 is 0. The van der Waals surface area contributed by atoms with E-state index in [-0.39, 0.29) is 0 Å². The second-order valence-electron chi connectivity index (χ2n) is 5.16. The molecule has 1 heterocycles. The topological polar surface area (TPSA) is 29.3 Å². The van der Waals surface area contributed by atoms with Crippen molar-refractivity contribution in [2.45, 2.75) is 31.2 Å². The molecule has 17 heavy (non-hydrogen) atoms. The molecule has 2 N–H and O–H groups in total. The third kappa shape index (κ3) is 1.98. The Hall–Kier alpha value is -0.930. The van der Waals surface area contributed by atoms with E-state index in [0.29, 0.717) is 16.9 Å². The van der Waals surface area contributed by atoms with Gasteiger partial charge in [-0.05, 0) is 36.9 Å². The summed E-state index contributed by atoms with van der Waals surface area (Å²) in [5.74, 6) is 0.696. The number of nitrogens with zero attached hydrogens (tertiary/aromatic N) is 1. The smallest absolute Gasteiger partial charge is 0.0902 e. The van der Waals surface area contributed by atoms with Crippen LogP contribution < -0.4 is 5.73 Å². The summed E-state index contributed by atoms with van der Waals surface area (Å²) in [4.78, 5) is 3.15. The third-order valence-electron chi connectivity index (χ3n) is 4.11. The summed E-state index contributed by atoms with van der Waals surface area (Å²) >= 11 is 5.15. The van der Waals surface area contributed by atoms with Crippen molar-refractivity contribution in [3.63, 3.8) is 0 Å². The number of thiocarbonyl (C=S) groups is 1. The minimum absolute atomic E-state index is 0.345. The fraction of sp³-hybridized carbons (Fsp3) is 0.500. The predicted octanol–water partition coefficient (Wildman–Crippen LogP) is 2.08. The Balaban J connectivity index is 1.68. The Morgan fingerprint density at radius 1 is 1.41 bits per heavy atom. The van der Waals surface area contributed by atoms with Crippen LogP contribution in [0, 0.1) is 0 Å². The average Bonchev–Trinajstić information content (AvgIpc) is 2.74. The molecule has 3 rings (SSSR count). The molecule has 1 aromatic rings. The van der Waals surface area contributed by atoms with Gasteiger partial charge < -0.3 is 5.73 Å². The number of benzene rings is 1. The van der Waals surface area contributed by atoms with Crippen LogP contribution in [-0.4, -0.2) is 29.0 Å². The highest BCUT2D eigenvalue weighted by Crippen LogP contribution is 2.36. The third-order valence-corrected chi connectivity index (χ3v) is 4.38. The van der Waals surface area contributed by atoms with E-state index >= 15 is 0 Å². The molecule has 2 atom stereocenters. The zero-order valence-electron chi connectivity index (χ0n) is 9.93. The fourth-order valence-electron chi connectivity index (χ4n) is 3.18. The molecule has 0 spiro atoms. The maximum Gasteiger partial charge on any atom is 0.0902 e. The average molecular weight is 246 g/mol. The van der Waals surface area contributed by atoms with Gasteiger partial charge in [-0.15, -0.1) is 0 Å². The number of rotatable bonds is 3. The lowest BCUT2D eigenvalue weighted by molar-refractivity contribution is 0.272. The molecule has 90 valence electrons. The summed E-state index contributed by atoms with van der Waals surface area (Å²) in [5.41, 5.74) is 8.85.